The molecule has 2 rings (SSSR count). The largest absolute Gasteiger partial charge is 0.434 e. The van der Waals surface area contributed by atoms with Gasteiger partial charge < -0.3 is 10.6 Å². The van der Waals surface area contributed by atoms with Gasteiger partial charge in [0.1, 0.15) is 5.01 Å². The summed E-state index contributed by atoms with van der Waals surface area (Å²) in [5.74, 6) is 0.544. The minimum absolute atomic E-state index is 0. The van der Waals surface area contributed by atoms with E-state index in [-0.39, 0.29) is 36.6 Å². The van der Waals surface area contributed by atoms with E-state index < -0.39 is 11.9 Å². The van der Waals surface area contributed by atoms with Crippen molar-refractivity contribution >= 4 is 41.3 Å². The first-order valence-electron chi connectivity index (χ1n) is 7.93. The molecule has 0 saturated heterocycles. The fourth-order valence-corrected chi connectivity index (χ4v) is 3.06. The molecule has 1 atom stereocenters. The van der Waals surface area contributed by atoms with Crippen LogP contribution >= 0.6 is 35.3 Å². The molecule has 0 saturated carbocycles. The lowest BCUT2D eigenvalue weighted by Crippen LogP contribution is -2.38. The number of rotatable bonds is 5. The quantitative estimate of drug-likeness (QED) is 0.350. The summed E-state index contributed by atoms with van der Waals surface area (Å²) in [6.07, 6.45) is -4.42. The minimum atomic E-state index is -4.42. The van der Waals surface area contributed by atoms with Crippen LogP contribution in [0.4, 0.5) is 13.2 Å². The summed E-state index contributed by atoms with van der Waals surface area (Å²) in [5.41, 5.74) is 1.43. The molecule has 26 heavy (non-hydrogen) atoms. The summed E-state index contributed by atoms with van der Waals surface area (Å²) < 4.78 is 37.8. The average Bonchev–Trinajstić information content (AvgIpc) is 3.02. The predicted molar refractivity (Wildman–Crippen MR) is 110 cm³/mol. The molecule has 0 amide bonds. The molecular formula is C17H22F3IN4S. The molecule has 1 aromatic carbocycles. The zero-order chi connectivity index (χ0) is 18.4. The van der Waals surface area contributed by atoms with Gasteiger partial charge in [0.2, 0.25) is 0 Å². The van der Waals surface area contributed by atoms with E-state index >= 15 is 0 Å². The number of guanidine groups is 1. The number of hydrogen-bond donors (Lipinski definition) is 2. The molecule has 4 nitrogen and oxygen atoms in total. The summed E-state index contributed by atoms with van der Waals surface area (Å²) in [4.78, 5) is 7.95. The van der Waals surface area contributed by atoms with Gasteiger partial charge in [-0.1, -0.05) is 24.3 Å². The van der Waals surface area contributed by atoms with Crippen LogP contribution in [0.1, 0.15) is 41.7 Å². The van der Waals surface area contributed by atoms with Gasteiger partial charge in [0.25, 0.3) is 0 Å². The molecule has 0 aliphatic rings. The van der Waals surface area contributed by atoms with E-state index in [0.717, 1.165) is 27.8 Å². The van der Waals surface area contributed by atoms with Crippen molar-refractivity contribution in [1.29, 1.82) is 0 Å². The Morgan fingerprint density at radius 3 is 2.58 bits per heavy atom. The van der Waals surface area contributed by atoms with Crippen LogP contribution in [0.3, 0.4) is 0 Å². The third kappa shape index (κ3) is 6.42. The van der Waals surface area contributed by atoms with E-state index in [1.807, 2.05) is 45.0 Å². The zero-order valence-corrected chi connectivity index (χ0v) is 17.9. The standard InChI is InChI=1S/C17H21F3N4S.HI/c1-4-21-16(23-12(3)13-8-6-5-7-11(13)2)22-9-15-24-14(10-25-15)17(18,19)20;/h5-8,10,12H,4,9H2,1-3H3,(H2,21,22,23);1H. The van der Waals surface area contributed by atoms with Crippen LogP contribution in [0.5, 0.6) is 0 Å². The number of thiazole rings is 1. The topological polar surface area (TPSA) is 49.3 Å². The number of alkyl halides is 3. The number of benzene rings is 1. The number of aliphatic imine (C=N–C) groups is 1. The van der Waals surface area contributed by atoms with Crippen LogP contribution < -0.4 is 10.6 Å². The Labute approximate surface area is 172 Å². The first-order chi connectivity index (χ1) is 11.8. The highest BCUT2D eigenvalue weighted by Gasteiger charge is 2.33. The van der Waals surface area contributed by atoms with Gasteiger partial charge in [-0.15, -0.1) is 35.3 Å². The lowest BCUT2D eigenvalue weighted by Gasteiger charge is -2.19. The van der Waals surface area contributed by atoms with E-state index in [1.54, 1.807) is 0 Å². The molecule has 1 unspecified atom stereocenters. The molecule has 2 N–H and O–H groups in total. The lowest BCUT2D eigenvalue weighted by atomic mass is 10.0. The van der Waals surface area contributed by atoms with Crippen LogP contribution in [-0.2, 0) is 12.7 Å². The van der Waals surface area contributed by atoms with E-state index in [4.69, 9.17) is 0 Å². The number of aryl methyl sites for hydroxylation is 1. The number of halogens is 4. The number of hydrogen-bond acceptors (Lipinski definition) is 3. The van der Waals surface area contributed by atoms with Crippen molar-refractivity contribution in [2.24, 2.45) is 4.99 Å². The number of nitrogens with zero attached hydrogens (tertiary/aromatic N) is 2. The second kappa shape index (κ2) is 10.1. The maximum atomic E-state index is 12.6. The average molecular weight is 498 g/mol. The number of nitrogens with one attached hydrogen (secondary N) is 2. The van der Waals surface area contributed by atoms with E-state index in [2.05, 4.69) is 20.6 Å². The van der Waals surface area contributed by atoms with Gasteiger partial charge in [-0.3, -0.25) is 0 Å². The molecular weight excluding hydrogens is 476 g/mol. The van der Waals surface area contributed by atoms with E-state index in [1.165, 1.54) is 0 Å². The first-order valence-corrected chi connectivity index (χ1v) is 8.81. The summed E-state index contributed by atoms with van der Waals surface area (Å²) in [5, 5.41) is 7.72. The van der Waals surface area contributed by atoms with E-state index in [9.17, 15) is 13.2 Å². The van der Waals surface area contributed by atoms with Crippen molar-refractivity contribution in [3.8, 4) is 0 Å². The fraction of sp³-hybridized carbons (Fsp3) is 0.412. The maximum Gasteiger partial charge on any atom is 0.434 e. The Hall–Kier alpha value is -1.36. The van der Waals surface area contributed by atoms with Crippen molar-refractivity contribution in [2.45, 2.75) is 39.5 Å². The summed E-state index contributed by atoms with van der Waals surface area (Å²) in [7, 11) is 0. The van der Waals surface area contributed by atoms with Gasteiger partial charge in [0, 0.05) is 11.9 Å². The molecule has 9 heteroatoms. The molecule has 144 valence electrons. The van der Waals surface area contributed by atoms with Crippen LogP contribution in [0.25, 0.3) is 0 Å². The lowest BCUT2D eigenvalue weighted by molar-refractivity contribution is -0.140. The second-order valence-electron chi connectivity index (χ2n) is 5.54. The third-order valence-electron chi connectivity index (χ3n) is 3.57. The van der Waals surface area contributed by atoms with Crippen molar-refractivity contribution in [3.05, 3.63) is 51.5 Å². The Kier molecular flexibility index (Phi) is 8.81. The van der Waals surface area contributed by atoms with Crippen molar-refractivity contribution < 1.29 is 13.2 Å². The summed E-state index contributed by atoms with van der Waals surface area (Å²) in [6.45, 7) is 6.72. The van der Waals surface area contributed by atoms with Crippen molar-refractivity contribution in [1.82, 2.24) is 15.6 Å². The van der Waals surface area contributed by atoms with Gasteiger partial charge in [-0.25, -0.2) is 9.98 Å². The molecule has 0 aliphatic carbocycles. The molecule has 0 radical (unpaired) electrons. The SMILES string of the molecule is CCNC(=NCc1nc(C(F)(F)F)cs1)NC(C)c1ccccc1C.I. The fourth-order valence-electron chi connectivity index (χ4n) is 2.34. The van der Waals surface area contributed by atoms with Crippen LogP contribution in [0, 0.1) is 6.92 Å². The third-order valence-corrected chi connectivity index (χ3v) is 4.40. The molecule has 1 aromatic heterocycles. The normalized spacial score (nSPS) is 13.1. The van der Waals surface area contributed by atoms with Crippen LogP contribution in [-0.4, -0.2) is 17.5 Å². The van der Waals surface area contributed by atoms with Gasteiger partial charge >= 0.3 is 6.18 Å². The minimum Gasteiger partial charge on any atom is -0.357 e. The molecule has 0 aliphatic heterocycles. The highest BCUT2D eigenvalue weighted by molar-refractivity contribution is 14.0. The number of aromatic nitrogens is 1. The van der Waals surface area contributed by atoms with Crippen LogP contribution in [0.2, 0.25) is 0 Å². The highest BCUT2D eigenvalue weighted by atomic mass is 127. The monoisotopic (exact) mass is 498 g/mol. The molecule has 0 fully saturated rings. The maximum absolute atomic E-state index is 12.6. The van der Waals surface area contributed by atoms with Crippen molar-refractivity contribution in [3.63, 3.8) is 0 Å². The van der Waals surface area contributed by atoms with Crippen molar-refractivity contribution in [2.75, 3.05) is 6.54 Å². The van der Waals surface area contributed by atoms with Gasteiger partial charge in [-0.05, 0) is 31.9 Å². The second-order valence-corrected chi connectivity index (χ2v) is 6.48. The van der Waals surface area contributed by atoms with Gasteiger partial charge in [0.15, 0.2) is 11.7 Å². The Bertz CT molecular complexity index is 731. The first kappa shape index (κ1) is 22.7. The summed E-state index contributed by atoms with van der Waals surface area (Å²) in [6, 6.07) is 8.03. The predicted octanol–water partition coefficient (Wildman–Crippen LogP) is 4.90. The molecule has 2 aromatic rings. The van der Waals surface area contributed by atoms with Gasteiger partial charge in [-0.2, -0.15) is 13.2 Å². The molecule has 0 spiro atoms. The Morgan fingerprint density at radius 2 is 2.00 bits per heavy atom. The highest BCUT2D eigenvalue weighted by Crippen LogP contribution is 2.30. The van der Waals surface area contributed by atoms with E-state index in [0.29, 0.717) is 17.5 Å². The Balaban J connectivity index is 0.00000338. The van der Waals surface area contributed by atoms with Gasteiger partial charge in [0.05, 0.1) is 12.6 Å². The molecule has 1 heterocycles. The van der Waals surface area contributed by atoms with Crippen LogP contribution in [0.15, 0.2) is 34.6 Å². The smallest absolute Gasteiger partial charge is 0.357 e. The Morgan fingerprint density at radius 1 is 1.31 bits per heavy atom. The summed E-state index contributed by atoms with van der Waals surface area (Å²) >= 11 is 0.960. The molecule has 0 bridgehead atoms. The zero-order valence-electron chi connectivity index (χ0n) is 14.7.